The molecule has 0 aliphatic carbocycles. The number of nitrogens with zero attached hydrogens (tertiary/aromatic N) is 1. The molecular formula is C7H10BrNO2. The summed E-state index contributed by atoms with van der Waals surface area (Å²) in [6.07, 6.45) is 1.32. The Bertz CT molecular complexity index is 193. The molecule has 0 N–H and O–H groups in total. The monoisotopic (exact) mass is 219 g/mol. The third-order valence-electron chi connectivity index (χ3n) is 1.87. The topological polar surface area (TPSA) is 37.4 Å². The van der Waals surface area contributed by atoms with Gasteiger partial charge in [-0.15, -0.1) is 0 Å². The summed E-state index contributed by atoms with van der Waals surface area (Å²) in [5.41, 5.74) is 0. The van der Waals surface area contributed by atoms with E-state index in [0.717, 1.165) is 6.42 Å². The SMILES string of the molecule is CC1CCC(=O)N1C(=O)CBr. The van der Waals surface area contributed by atoms with Crippen LogP contribution in [0.25, 0.3) is 0 Å². The van der Waals surface area contributed by atoms with E-state index in [1.807, 2.05) is 6.92 Å². The maximum absolute atomic E-state index is 11.1. The number of likely N-dealkylation sites (tertiary alicyclic amines) is 1. The molecule has 0 bridgehead atoms. The van der Waals surface area contributed by atoms with Gasteiger partial charge in [0.2, 0.25) is 11.8 Å². The van der Waals surface area contributed by atoms with E-state index in [-0.39, 0.29) is 23.2 Å². The quantitative estimate of drug-likeness (QED) is 0.616. The molecule has 1 aliphatic rings. The average Bonchev–Trinajstić information content (AvgIpc) is 2.30. The van der Waals surface area contributed by atoms with Gasteiger partial charge in [-0.1, -0.05) is 15.9 Å². The minimum absolute atomic E-state index is 0.0399. The highest BCUT2D eigenvalue weighted by Crippen LogP contribution is 2.18. The summed E-state index contributed by atoms with van der Waals surface area (Å²) < 4.78 is 0. The Morgan fingerprint density at radius 2 is 2.45 bits per heavy atom. The molecule has 62 valence electrons. The Morgan fingerprint density at radius 1 is 1.82 bits per heavy atom. The molecule has 11 heavy (non-hydrogen) atoms. The van der Waals surface area contributed by atoms with Crippen molar-refractivity contribution >= 4 is 27.7 Å². The number of alkyl halides is 1. The van der Waals surface area contributed by atoms with Crippen LogP contribution in [0.15, 0.2) is 0 Å². The van der Waals surface area contributed by atoms with Crippen LogP contribution in [-0.2, 0) is 9.59 Å². The highest BCUT2D eigenvalue weighted by atomic mass is 79.9. The fourth-order valence-electron chi connectivity index (χ4n) is 1.28. The van der Waals surface area contributed by atoms with Gasteiger partial charge in [-0.2, -0.15) is 0 Å². The van der Waals surface area contributed by atoms with E-state index in [2.05, 4.69) is 15.9 Å². The standard InChI is InChI=1S/C7H10BrNO2/c1-5-2-3-6(10)9(5)7(11)4-8/h5H,2-4H2,1H3. The van der Waals surface area contributed by atoms with Crippen molar-refractivity contribution in [2.45, 2.75) is 25.8 Å². The molecule has 0 radical (unpaired) electrons. The molecule has 1 aliphatic heterocycles. The highest BCUT2D eigenvalue weighted by Gasteiger charge is 2.31. The lowest BCUT2D eigenvalue weighted by molar-refractivity contribution is -0.141. The fourth-order valence-corrected chi connectivity index (χ4v) is 1.55. The predicted molar refractivity (Wildman–Crippen MR) is 44.3 cm³/mol. The maximum Gasteiger partial charge on any atom is 0.240 e. The summed E-state index contributed by atoms with van der Waals surface area (Å²) in [6, 6.07) is 0.0903. The lowest BCUT2D eigenvalue weighted by atomic mass is 10.2. The molecular weight excluding hydrogens is 210 g/mol. The van der Waals surface area contributed by atoms with Crippen molar-refractivity contribution in [3.8, 4) is 0 Å². The number of carbonyl (C=O) groups excluding carboxylic acids is 2. The number of carbonyl (C=O) groups is 2. The van der Waals surface area contributed by atoms with Gasteiger partial charge >= 0.3 is 0 Å². The summed E-state index contributed by atoms with van der Waals surface area (Å²) in [7, 11) is 0. The average molecular weight is 220 g/mol. The second-order valence-electron chi connectivity index (χ2n) is 2.68. The summed E-state index contributed by atoms with van der Waals surface area (Å²) >= 11 is 3.04. The Labute approximate surface area is 73.9 Å². The summed E-state index contributed by atoms with van der Waals surface area (Å²) in [5.74, 6) is -0.165. The minimum atomic E-state index is -0.125. The molecule has 0 aromatic rings. The highest BCUT2D eigenvalue weighted by molar-refractivity contribution is 9.09. The van der Waals surface area contributed by atoms with Crippen LogP contribution in [-0.4, -0.2) is 28.1 Å². The van der Waals surface area contributed by atoms with Gasteiger partial charge in [-0.3, -0.25) is 14.5 Å². The van der Waals surface area contributed by atoms with Crippen LogP contribution in [0, 0.1) is 0 Å². The van der Waals surface area contributed by atoms with E-state index in [1.165, 1.54) is 4.90 Å². The van der Waals surface area contributed by atoms with E-state index in [9.17, 15) is 9.59 Å². The van der Waals surface area contributed by atoms with Crippen molar-refractivity contribution in [3.63, 3.8) is 0 Å². The van der Waals surface area contributed by atoms with Gasteiger partial charge in [0.05, 0.1) is 5.33 Å². The largest absolute Gasteiger partial charge is 0.279 e. The maximum atomic E-state index is 11.1. The van der Waals surface area contributed by atoms with Crippen molar-refractivity contribution < 1.29 is 9.59 Å². The first-order valence-electron chi connectivity index (χ1n) is 3.57. The van der Waals surface area contributed by atoms with Gasteiger partial charge in [-0.25, -0.2) is 0 Å². The van der Waals surface area contributed by atoms with Crippen LogP contribution in [0.3, 0.4) is 0 Å². The van der Waals surface area contributed by atoms with Crippen molar-refractivity contribution in [1.82, 2.24) is 4.90 Å². The number of halogens is 1. The summed E-state index contributed by atoms with van der Waals surface area (Å²) in [4.78, 5) is 23.5. The molecule has 1 fully saturated rings. The van der Waals surface area contributed by atoms with E-state index >= 15 is 0 Å². The Morgan fingerprint density at radius 3 is 2.82 bits per heavy atom. The molecule has 0 saturated carbocycles. The second kappa shape index (κ2) is 3.34. The first-order valence-corrected chi connectivity index (χ1v) is 4.70. The van der Waals surface area contributed by atoms with Crippen LogP contribution < -0.4 is 0 Å². The number of hydrogen-bond donors (Lipinski definition) is 0. The lowest BCUT2D eigenvalue weighted by Gasteiger charge is -2.17. The third-order valence-corrected chi connectivity index (χ3v) is 2.35. The number of amides is 2. The van der Waals surface area contributed by atoms with E-state index < -0.39 is 0 Å². The van der Waals surface area contributed by atoms with Crippen LogP contribution >= 0.6 is 15.9 Å². The molecule has 4 heteroatoms. The van der Waals surface area contributed by atoms with Crippen LogP contribution in [0.4, 0.5) is 0 Å². The molecule has 2 amide bonds. The lowest BCUT2D eigenvalue weighted by Crippen LogP contribution is -2.37. The van der Waals surface area contributed by atoms with E-state index in [1.54, 1.807) is 0 Å². The third kappa shape index (κ3) is 1.61. The van der Waals surface area contributed by atoms with Gasteiger partial charge < -0.3 is 0 Å². The van der Waals surface area contributed by atoms with Gasteiger partial charge in [-0.05, 0) is 13.3 Å². The zero-order chi connectivity index (χ0) is 8.43. The van der Waals surface area contributed by atoms with Gasteiger partial charge in [0.25, 0.3) is 0 Å². The van der Waals surface area contributed by atoms with Gasteiger partial charge in [0, 0.05) is 12.5 Å². The molecule has 1 rings (SSSR count). The Hall–Kier alpha value is -0.380. The van der Waals surface area contributed by atoms with Crippen molar-refractivity contribution in [3.05, 3.63) is 0 Å². The molecule has 3 nitrogen and oxygen atoms in total. The molecule has 1 heterocycles. The van der Waals surface area contributed by atoms with E-state index in [4.69, 9.17) is 0 Å². The second-order valence-corrected chi connectivity index (χ2v) is 3.24. The number of rotatable bonds is 1. The minimum Gasteiger partial charge on any atom is -0.279 e. The van der Waals surface area contributed by atoms with Crippen LogP contribution in [0.1, 0.15) is 19.8 Å². The summed E-state index contributed by atoms with van der Waals surface area (Å²) in [6.45, 7) is 1.89. The van der Waals surface area contributed by atoms with Crippen molar-refractivity contribution in [1.29, 1.82) is 0 Å². The molecule has 1 unspecified atom stereocenters. The first kappa shape index (κ1) is 8.71. The number of imide groups is 1. The predicted octanol–water partition coefficient (Wildman–Crippen LogP) is 0.919. The first-order chi connectivity index (χ1) is 5.16. The van der Waals surface area contributed by atoms with Gasteiger partial charge in [0.1, 0.15) is 0 Å². The molecule has 0 aromatic carbocycles. The van der Waals surface area contributed by atoms with Crippen LogP contribution in [0.2, 0.25) is 0 Å². The Kier molecular flexibility index (Phi) is 2.65. The normalized spacial score (nSPS) is 24.4. The zero-order valence-electron chi connectivity index (χ0n) is 6.34. The van der Waals surface area contributed by atoms with Gasteiger partial charge in [0.15, 0.2) is 0 Å². The fraction of sp³-hybridized carbons (Fsp3) is 0.714. The Balaban J connectivity index is 2.68. The van der Waals surface area contributed by atoms with Crippen LogP contribution in [0.5, 0.6) is 0 Å². The summed E-state index contributed by atoms with van der Waals surface area (Å²) in [5, 5.41) is 0.239. The molecule has 1 atom stereocenters. The molecule has 0 spiro atoms. The smallest absolute Gasteiger partial charge is 0.240 e. The molecule has 0 aromatic heterocycles. The van der Waals surface area contributed by atoms with Crippen molar-refractivity contribution in [2.75, 3.05) is 5.33 Å². The number of hydrogen-bond acceptors (Lipinski definition) is 2. The van der Waals surface area contributed by atoms with E-state index in [0.29, 0.717) is 6.42 Å². The zero-order valence-corrected chi connectivity index (χ0v) is 7.93. The van der Waals surface area contributed by atoms with Crippen molar-refractivity contribution in [2.24, 2.45) is 0 Å². The molecule has 1 saturated heterocycles.